The number of rotatable bonds is 43. The topological polar surface area (TPSA) is 95.9 Å². The van der Waals surface area contributed by atoms with Crippen LogP contribution < -0.4 is 5.32 Å². The summed E-state index contributed by atoms with van der Waals surface area (Å²) in [6, 6.07) is -0.697. The lowest BCUT2D eigenvalue weighted by atomic mass is 10.0. The first kappa shape index (κ1) is 52.6. The van der Waals surface area contributed by atoms with Crippen LogP contribution in [0.2, 0.25) is 0 Å². The lowest BCUT2D eigenvalue weighted by Crippen LogP contribution is -2.46. The molecular formula is C48H93NO5. The van der Waals surface area contributed by atoms with Gasteiger partial charge in [0.1, 0.15) is 6.10 Å². The van der Waals surface area contributed by atoms with E-state index in [0.717, 1.165) is 70.6 Å². The Hall–Kier alpha value is -1.40. The third kappa shape index (κ3) is 37.5. The van der Waals surface area contributed by atoms with Crippen molar-refractivity contribution in [3.63, 3.8) is 0 Å². The molecule has 0 spiro atoms. The number of amides is 1. The van der Waals surface area contributed by atoms with E-state index in [1.54, 1.807) is 0 Å². The highest BCUT2D eigenvalue weighted by atomic mass is 16.5. The number of nitrogens with one attached hydrogen (secondary N) is 1. The molecule has 0 saturated carbocycles. The van der Waals surface area contributed by atoms with Gasteiger partial charge in [-0.15, -0.1) is 0 Å². The molecule has 1 amide bonds. The first-order valence-electron chi connectivity index (χ1n) is 23.9. The molecule has 0 fully saturated rings. The number of hydrogen-bond acceptors (Lipinski definition) is 5. The second-order valence-corrected chi connectivity index (χ2v) is 16.5. The Morgan fingerprint density at radius 2 is 0.889 bits per heavy atom. The smallest absolute Gasteiger partial charge is 0.306 e. The highest BCUT2D eigenvalue weighted by Gasteiger charge is 2.24. The van der Waals surface area contributed by atoms with Gasteiger partial charge in [-0.2, -0.15) is 0 Å². The summed E-state index contributed by atoms with van der Waals surface area (Å²) < 4.78 is 5.90. The van der Waals surface area contributed by atoms with E-state index in [-0.39, 0.29) is 24.9 Å². The van der Waals surface area contributed by atoms with E-state index in [0.29, 0.717) is 19.3 Å². The lowest BCUT2D eigenvalue weighted by molar-refractivity contribution is -0.151. The van der Waals surface area contributed by atoms with E-state index in [1.807, 2.05) is 0 Å². The van der Waals surface area contributed by atoms with Crippen molar-refractivity contribution in [2.75, 3.05) is 6.61 Å². The minimum absolute atomic E-state index is 0.0727. The Kier molecular flexibility index (Phi) is 41.6. The van der Waals surface area contributed by atoms with E-state index in [9.17, 15) is 19.8 Å². The Bertz CT molecular complexity index is 817. The summed E-state index contributed by atoms with van der Waals surface area (Å²) in [5.74, 6) is -0.479. The highest BCUT2D eigenvalue weighted by Crippen LogP contribution is 2.18. The van der Waals surface area contributed by atoms with Crippen LogP contribution in [0.1, 0.15) is 258 Å². The highest BCUT2D eigenvalue weighted by molar-refractivity contribution is 5.77. The van der Waals surface area contributed by atoms with Crippen LogP contribution in [0.4, 0.5) is 0 Å². The lowest BCUT2D eigenvalue weighted by Gasteiger charge is -2.24. The Morgan fingerprint density at radius 1 is 0.519 bits per heavy atom. The van der Waals surface area contributed by atoms with Gasteiger partial charge in [-0.1, -0.05) is 206 Å². The molecule has 0 radical (unpaired) electrons. The molecule has 0 aromatic rings. The zero-order valence-corrected chi connectivity index (χ0v) is 36.4. The molecule has 0 heterocycles. The maximum atomic E-state index is 13.1. The number of unbranched alkanes of at least 4 members (excludes halogenated alkanes) is 29. The fourth-order valence-electron chi connectivity index (χ4n) is 7.43. The number of hydrogen-bond donors (Lipinski definition) is 3. The van der Waals surface area contributed by atoms with Crippen LogP contribution in [-0.2, 0) is 14.3 Å². The molecule has 6 heteroatoms. The largest absolute Gasteiger partial charge is 0.462 e. The fourth-order valence-corrected chi connectivity index (χ4v) is 7.43. The van der Waals surface area contributed by atoms with Crippen LogP contribution in [-0.4, -0.2) is 46.9 Å². The zero-order valence-electron chi connectivity index (χ0n) is 36.4. The fraction of sp³-hybridized carbons (Fsp3) is 0.917. The summed E-state index contributed by atoms with van der Waals surface area (Å²) in [7, 11) is 0. The number of carbonyl (C=O) groups excluding carboxylic acids is 2. The summed E-state index contributed by atoms with van der Waals surface area (Å²) in [6.07, 6.45) is 45.6. The van der Waals surface area contributed by atoms with Crippen LogP contribution in [0.25, 0.3) is 0 Å². The third-order valence-electron chi connectivity index (χ3n) is 11.1. The monoisotopic (exact) mass is 764 g/mol. The van der Waals surface area contributed by atoms with Crippen LogP contribution in [0.5, 0.6) is 0 Å². The minimum Gasteiger partial charge on any atom is -0.462 e. The second-order valence-electron chi connectivity index (χ2n) is 16.5. The average molecular weight is 764 g/mol. The molecule has 0 aliphatic heterocycles. The second kappa shape index (κ2) is 42.7. The zero-order chi connectivity index (χ0) is 39.6. The number of aliphatic hydroxyl groups excluding tert-OH is 2. The number of ether oxygens (including phenoxy) is 1. The van der Waals surface area contributed by atoms with Gasteiger partial charge in [-0.05, 0) is 51.4 Å². The Labute approximate surface area is 336 Å². The van der Waals surface area contributed by atoms with Gasteiger partial charge in [-0.25, -0.2) is 0 Å². The molecule has 3 atom stereocenters. The molecule has 3 unspecified atom stereocenters. The predicted molar refractivity (Wildman–Crippen MR) is 232 cm³/mol. The van der Waals surface area contributed by atoms with Crippen LogP contribution in [0.15, 0.2) is 12.2 Å². The molecule has 320 valence electrons. The van der Waals surface area contributed by atoms with E-state index in [2.05, 4.69) is 38.2 Å². The summed E-state index contributed by atoms with van der Waals surface area (Å²) in [4.78, 5) is 26.0. The van der Waals surface area contributed by atoms with Gasteiger partial charge in [-0.3, -0.25) is 9.59 Å². The molecule has 0 saturated heterocycles. The van der Waals surface area contributed by atoms with Gasteiger partial charge in [0.2, 0.25) is 5.91 Å². The van der Waals surface area contributed by atoms with Gasteiger partial charge in [0.05, 0.1) is 25.2 Å². The van der Waals surface area contributed by atoms with Crippen molar-refractivity contribution in [2.24, 2.45) is 0 Å². The quantitative estimate of drug-likeness (QED) is 0.0326. The summed E-state index contributed by atoms with van der Waals surface area (Å²) in [5, 5.41) is 23.6. The normalized spacial score (nSPS) is 13.4. The molecule has 0 aliphatic rings. The standard InChI is InChI=1S/C48H93NO5/c1-4-7-10-13-16-19-21-22-23-24-25-26-29-32-35-38-41-48(53)54-44(39-36-33-30-28-20-17-14-11-8-5-2)42-47(52)49-45(43-50)46(51)40-37-34-31-27-18-15-12-9-6-3/h17,20,44-46,50-51H,4-16,18-19,21-43H2,1-3H3,(H,49,52)/b20-17-. The summed E-state index contributed by atoms with van der Waals surface area (Å²) in [6.45, 7) is 6.44. The molecule has 0 aliphatic carbocycles. The van der Waals surface area contributed by atoms with Crippen molar-refractivity contribution in [1.82, 2.24) is 5.32 Å². The van der Waals surface area contributed by atoms with Crippen molar-refractivity contribution in [3.8, 4) is 0 Å². The Balaban J connectivity index is 4.48. The molecule has 0 bridgehead atoms. The average Bonchev–Trinajstić information content (AvgIpc) is 3.16. The maximum Gasteiger partial charge on any atom is 0.306 e. The van der Waals surface area contributed by atoms with Crippen LogP contribution in [0.3, 0.4) is 0 Å². The molecular weight excluding hydrogens is 671 g/mol. The number of carbonyl (C=O) groups is 2. The summed E-state index contributed by atoms with van der Waals surface area (Å²) >= 11 is 0. The number of esters is 1. The van der Waals surface area contributed by atoms with Crippen molar-refractivity contribution < 1.29 is 24.5 Å². The van der Waals surface area contributed by atoms with Crippen molar-refractivity contribution in [1.29, 1.82) is 0 Å². The van der Waals surface area contributed by atoms with E-state index in [4.69, 9.17) is 4.74 Å². The first-order chi connectivity index (χ1) is 26.5. The minimum atomic E-state index is -0.783. The van der Waals surface area contributed by atoms with Gasteiger partial charge in [0, 0.05) is 6.42 Å². The van der Waals surface area contributed by atoms with Crippen molar-refractivity contribution in [3.05, 3.63) is 12.2 Å². The molecule has 0 aromatic heterocycles. The molecule has 0 rings (SSSR count). The molecule has 3 N–H and O–H groups in total. The van der Waals surface area contributed by atoms with Gasteiger partial charge in [0.15, 0.2) is 0 Å². The van der Waals surface area contributed by atoms with Crippen LogP contribution >= 0.6 is 0 Å². The number of aliphatic hydroxyl groups is 2. The summed E-state index contributed by atoms with van der Waals surface area (Å²) in [5.41, 5.74) is 0. The Morgan fingerprint density at radius 3 is 1.35 bits per heavy atom. The van der Waals surface area contributed by atoms with E-state index < -0.39 is 18.2 Å². The predicted octanol–water partition coefficient (Wildman–Crippen LogP) is 13.8. The van der Waals surface area contributed by atoms with Crippen molar-refractivity contribution in [2.45, 2.75) is 277 Å². The van der Waals surface area contributed by atoms with Gasteiger partial charge < -0.3 is 20.3 Å². The molecule has 6 nitrogen and oxygen atoms in total. The van der Waals surface area contributed by atoms with Crippen LogP contribution in [0, 0.1) is 0 Å². The molecule has 54 heavy (non-hydrogen) atoms. The number of allylic oxidation sites excluding steroid dienone is 2. The molecule has 0 aromatic carbocycles. The first-order valence-corrected chi connectivity index (χ1v) is 23.9. The SMILES string of the molecule is CCCCC/C=C\CCCCCC(CC(=O)NC(CO)C(O)CCCCCCCCCCC)OC(=O)CCCCCCCCCCCCCCCCCC. The maximum absolute atomic E-state index is 13.1. The van der Waals surface area contributed by atoms with E-state index >= 15 is 0 Å². The van der Waals surface area contributed by atoms with Gasteiger partial charge in [0.25, 0.3) is 0 Å². The van der Waals surface area contributed by atoms with E-state index in [1.165, 1.54) is 141 Å². The van der Waals surface area contributed by atoms with Gasteiger partial charge >= 0.3 is 5.97 Å². The third-order valence-corrected chi connectivity index (χ3v) is 11.1. The van der Waals surface area contributed by atoms with Crippen molar-refractivity contribution >= 4 is 11.9 Å².